The lowest BCUT2D eigenvalue weighted by atomic mass is 9.69. The van der Waals surface area contributed by atoms with Gasteiger partial charge in [0.15, 0.2) is 5.82 Å². The Bertz CT molecular complexity index is 632. The van der Waals surface area contributed by atoms with Crippen LogP contribution in [-0.4, -0.2) is 37.2 Å². The number of hydrogen-bond donors (Lipinski definition) is 2. The summed E-state index contributed by atoms with van der Waals surface area (Å²) in [6.07, 6.45) is 5.83. The number of nitrogens with one attached hydrogen (secondary N) is 1. The van der Waals surface area contributed by atoms with Crippen molar-refractivity contribution in [1.82, 2.24) is 19.6 Å². The largest absolute Gasteiger partial charge is 0.481 e. The first-order valence-corrected chi connectivity index (χ1v) is 6.26. The van der Waals surface area contributed by atoms with E-state index in [1.807, 2.05) is 11.3 Å². The van der Waals surface area contributed by atoms with Gasteiger partial charge in [-0.2, -0.15) is 0 Å². The molecule has 0 aliphatic heterocycles. The third-order valence-electron chi connectivity index (χ3n) is 3.86. The van der Waals surface area contributed by atoms with Crippen molar-refractivity contribution in [2.75, 3.05) is 11.9 Å². The number of aromatic nitrogens is 4. The molecule has 7 nitrogen and oxygen atoms in total. The average molecular weight is 261 g/mol. The fourth-order valence-electron chi connectivity index (χ4n) is 2.39. The van der Waals surface area contributed by atoms with Gasteiger partial charge in [-0.05, 0) is 19.8 Å². The molecule has 1 fully saturated rings. The van der Waals surface area contributed by atoms with E-state index >= 15 is 0 Å². The fourth-order valence-corrected chi connectivity index (χ4v) is 2.39. The third-order valence-corrected chi connectivity index (χ3v) is 3.86. The van der Waals surface area contributed by atoms with Gasteiger partial charge in [-0.3, -0.25) is 9.20 Å². The summed E-state index contributed by atoms with van der Waals surface area (Å²) in [7, 11) is 0. The molecule has 0 unspecified atom stereocenters. The van der Waals surface area contributed by atoms with Gasteiger partial charge in [-0.25, -0.2) is 4.98 Å². The maximum Gasteiger partial charge on any atom is 0.311 e. The number of nitrogens with zero attached hydrogens (tertiary/aromatic N) is 4. The lowest BCUT2D eigenvalue weighted by Crippen LogP contribution is -2.43. The van der Waals surface area contributed by atoms with E-state index in [0.29, 0.717) is 30.9 Å². The Hall–Kier alpha value is -2.18. The fraction of sp³-hybridized carbons (Fsp3) is 0.500. The second-order valence-corrected chi connectivity index (χ2v) is 5.01. The highest BCUT2D eigenvalue weighted by Gasteiger charge is 2.44. The smallest absolute Gasteiger partial charge is 0.311 e. The van der Waals surface area contributed by atoms with Gasteiger partial charge in [0.1, 0.15) is 5.82 Å². The molecule has 1 saturated carbocycles. The van der Waals surface area contributed by atoms with Crippen LogP contribution in [0, 0.1) is 12.3 Å². The van der Waals surface area contributed by atoms with E-state index in [9.17, 15) is 9.90 Å². The summed E-state index contributed by atoms with van der Waals surface area (Å²) in [6.45, 7) is 2.23. The molecule has 0 amide bonds. The number of carbonyl (C=O) groups is 1. The minimum absolute atomic E-state index is 0.376. The molecular formula is C12H15N5O2. The molecule has 19 heavy (non-hydrogen) atoms. The molecule has 100 valence electrons. The van der Waals surface area contributed by atoms with Crippen LogP contribution in [0.5, 0.6) is 0 Å². The summed E-state index contributed by atoms with van der Waals surface area (Å²) in [6, 6.07) is 0. The van der Waals surface area contributed by atoms with Gasteiger partial charge in [0, 0.05) is 18.9 Å². The first-order valence-electron chi connectivity index (χ1n) is 6.26. The predicted octanol–water partition coefficient (Wildman–Crippen LogP) is 1.10. The zero-order valence-electron chi connectivity index (χ0n) is 10.6. The molecule has 2 heterocycles. The third kappa shape index (κ3) is 1.81. The van der Waals surface area contributed by atoms with Crippen LogP contribution in [0.25, 0.3) is 5.65 Å². The van der Waals surface area contributed by atoms with Crippen molar-refractivity contribution < 1.29 is 9.90 Å². The second kappa shape index (κ2) is 4.18. The zero-order valence-corrected chi connectivity index (χ0v) is 10.6. The van der Waals surface area contributed by atoms with Crippen molar-refractivity contribution in [3.63, 3.8) is 0 Å². The maximum atomic E-state index is 11.3. The van der Waals surface area contributed by atoms with Crippen LogP contribution < -0.4 is 5.32 Å². The van der Waals surface area contributed by atoms with Crippen LogP contribution in [-0.2, 0) is 4.79 Å². The van der Waals surface area contributed by atoms with Crippen LogP contribution in [0.2, 0.25) is 0 Å². The number of hydrogen-bond acceptors (Lipinski definition) is 5. The minimum atomic E-state index is -0.740. The average Bonchev–Trinajstić information content (AvgIpc) is 2.70. The van der Waals surface area contributed by atoms with E-state index in [-0.39, 0.29) is 0 Å². The van der Waals surface area contributed by atoms with Crippen molar-refractivity contribution in [1.29, 1.82) is 0 Å². The Labute approximate surface area is 109 Å². The molecule has 0 bridgehead atoms. The standard InChI is InChI=1S/C12H15N5O2/c1-8-15-16-10-9(13-5-6-17(8)10)14-7-12(11(18)19)3-2-4-12/h5-6H,2-4,7H2,1H3,(H,13,14)(H,18,19). The van der Waals surface area contributed by atoms with Crippen LogP contribution in [0.15, 0.2) is 12.4 Å². The first-order chi connectivity index (χ1) is 9.12. The number of anilines is 1. The number of carboxylic acid groups (broad SMARTS) is 1. The van der Waals surface area contributed by atoms with E-state index in [0.717, 1.165) is 12.2 Å². The molecule has 0 aromatic carbocycles. The normalized spacial score (nSPS) is 17.1. The summed E-state index contributed by atoms with van der Waals surface area (Å²) in [4.78, 5) is 15.5. The van der Waals surface area contributed by atoms with Gasteiger partial charge in [-0.1, -0.05) is 6.42 Å². The summed E-state index contributed by atoms with van der Waals surface area (Å²) < 4.78 is 1.82. The van der Waals surface area contributed by atoms with E-state index in [4.69, 9.17) is 0 Å². The Balaban J connectivity index is 1.84. The number of aryl methyl sites for hydroxylation is 1. The Kier molecular flexibility index (Phi) is 2.62. The highest BCUT2D eigenvalue weighted by atomic mass is 16.4. The molecule has 1 aliphatic carbocycles. The summed E-state index contributed by atoms with van der Waals surface area (Å²) in [5.41, 5.74) is -0.0244. The molecule has 0 atom stereocenters. The lowest BCUT2D eigenvalue weighted by molar-refractivity contribution is -0.153. The van der Waals surface area contributed by atoms with Crippen molar-refractivity contribution in [3.8, 4) is 0 Å². The van der Waals surface area contributed by atoms with E-state index in [1.54, 1.807) is 12.4 Å². The van der Waals surface area contributed by atoms with Crippen molar-refractivity contribution in [2.24, 2.45) is 5.41 Å². The zero-order chi connectivity index (χ0) is 13.5. The monoisotopic (exact) mass is 261 g/mol. The number of rotatable bonds is 4. The van der Waals surface area contributed by atoms with Crippen LogP contribution in [0.3, 0.4) is 0 Å². The first kappa shape index (κ1) is 11.9. The van der Waals surface area contributed by atoms with E-state index in [1.165, 1.54) is 0 Å². The van der Waals surface area contributed by atoms with Gasteiger partial charge in [0.2, 0.25) is 5.65 Å². The SMILES string of the molecule is Cc1nnc2c(NCC3(C(=O)O)CCC3)nccn12. The van der Waals surface area contributed by atoms with Crippen LogP contribution in [0.4, 0.5) is 5.82 Å². The van der Waals surface area contributed by atoms with Crippen LogP contribution in [0.1, 0.15) is 25.1 Å². The molecule has 0 spiro atoms. The predicted molar refractivity (Wildman–Crippen MR) is 67.9 cm³/mol. The van der Waals surface area contributed by atoms with E-state index < -0.39 is 11.4 Å². The number of fused-ring (bicyclic) bond motifs is 1. The molecule has 0 saturated heterocycles. The van der Waals surface area contributed by atoms with E-state index in [2.05, 4.69) is 20.5 Å². The highest BCUT2D eigenvalue weighted by Crippen LogP contribution is 2.41. The second-order valence-electron chi connectivity index (χ2n) is 5.01. The molecule has 1 aliphatic rings. The topological polar surface area (TPSA) is 92.4 Å². The quantitative estimate of drug-likeness (QED) is 0.856. The van der Waals surface area contributed by atoms with Crippen molar-refractivity contribution in [2.45, 2.75) is 26.2 Å². The molecular weight excluding hydrogens is 246 g/mol. The maximum absolute atomic E-state index is 11.3. The van der Waals surface area contributed by atoms with Crippen molar-refractivity contribution in [3.05, 3.63) is 18.2 Å². The van der Waals surface area contributed by atoms with Gasteiger partial charge >= 0.3 is 5.97 Å². The van der Waals surface area contributed by atoms with Gasteiger partial charge in [0.05, 0.1) is 5.41 Å². The van der Waals surface area contributed by atoms with Crippen molar-refractivity contribution >= 4 is 17.4 Å². The Morgan fingerprint density at radius 3 is 2.95 bits per heavy atom. The van der Waals surface area contributed by atoms with Gasteiger partial charge in [-0.15, -0.1) is 10.2 Å². The molecule has 2 aromatic rings. The summed E-state index contributed by atoms with van der Waals surface area (Å²) in [5.74, 6) is 0.614. The van der Waals surface area contributed by atoms with Crippen LogP contribution >= 0.6 is 0 Å². The summed E-state index contributed by atoms with van der Waals surface area (Å²) >= 11 is 0. The molecule has 3 rings (SSSR count). The molecule has 7 heteroatoms. The minimum Gasteiger partial charge on any atom is -0.481 e. The lowest BCUT2D eigenvalue weighted by Gasteiger charge is -2.37. The molecule has 2 aromatic heterocycles. The number of carboxylic acids is 1. The number of aliphatic carboxylic acids is 1. The highest BCUT2D eigenvalue weighted by molar-refractivity contribution is 5.77. The Morgan fingerprint density at radius 1 is 1.53 bits per heavy atom. The Morgan fingerprint density at radius 2 is 2.32 bits per heavy atom. The van der Waals surface area contributed by atoms with Gasteiger partial charge in [0.25, 0.3) is 0 Å². The molecule has 2 N–H and O–H groups in total. The molecule has 0 radical (unpaired) electrons. The van der Waals surface area contributed by atoms with Gasteiger partial charge < -0.3 is 10.4 Å². The summed E-state index contributed by atoms with van der Waals surface area (Å²) in [5, 5.41) is 20.4.